The van der Waals surface area contributed by atoms with E-state index in [1.165, 1.54) is 0 Å². The van der Waals surface area contributed by atoms with Gasteiger partial charge in [0, 0.05) is 16.7 Å². The molecule has 132 valence electrons. The molecule has 6 nitrogen and oxygen atoms in total. The lowest BCUT2D eigenvalue weighted by atomic mass is 10.1. The van der Waals surface area contributed by atoms with E-state index >= 15 is 0 Å². The van der Waals surface area contributed by atoms with Crippen LogP contribution in [0.4, 0.5) is 0 Å². The largest absolute Gasteiger partial charge is 0.486 e. The first-order valence-electron chi connectivity index (χ1n) is 7.97. The quantitative estimate of drug-likeness (QED) is 0.642. The lowest BCUT2D eigenvalue weighted by Crippen LogP contribution is -2.15. The number of esters is 1. The number of carbonyl (C=O) groups is 1. The van der Waals surface area contributed by atoms with Crippen molar-refractivity contribution >= 4 is 17.6 Å². The van der Waals surface area contributed by atoms with Crippen LogP contribution in [0.5, 0.6) is 11.5 Å². The SMILES string of the molecule is O=C(OCc1cc(-c2ccc3c(c2)OCCO3)on1)c1cccc(Cl)c1. The van der Waals surface area contributed by atoms with E-state index in [1.54, 1.807) is 30.3 Å². The van der Waals surface area contributed by atoms with Crippen molar-refractivity contribution in [2.24, 2.45) is 0 Å². The van der Waals surface area contributed by atoms with Gasteiger partial charge in [0.05, 0.1) is 5.56 Å². The van der Waals surface area contributed by atoms with E-state index in [9.17, 15) is 4.79 Å². The first kappa shape index (κ1) is 16.5. The van der Waals surface area contributed by atoms with E-state index in [0.29, 0.717) is 46.8 Å². The van der Waals surface area contributed by atoms with Crippen molar-refractivity contribution in [3.05, 3.63) is 64.8 Å². The fourth-order valence-electron chi connectivity index (χ4n) is 2.55. The molecular formula is C19H14ClNO5. The number of fused-ring (bicyclic) bond motifs is 1. The van der Waals surface area contributed by atoms with Crippen LogP contribution in [0.2, 0.25) is 5.02 Å². The maximum absolute atomic E-state index is 12.0. The fraction of sp³-hybridized carbons (Fsp3) is 0.158. The maximum atomic E-state index is 12.0. The molecule has 0 radical (unpaired) electrons. The van der Waals surface area contributed by atoms with Crippen molar-refractivity contribution in [3.8, 4) is 22.8 Å². The summed E-state index contributed by atoms with van der Waals surface area (Å²) in [5.74, 6) is 1.45. The number of hydrogen-bond donors (Lipinski definition) is 0. The van der Waals surface area contributed by atoms with Crippen molar-refractivity contribution in [1.82, 2.24) is 5.16 Å². The second kappa shape index (κ2) is 7.09. The molecule has 2 aromatic carbocycles. The zero-order valence-electron chi connectivity index (χ0n) is 13.6. The van der Waals surface area contributed by atoms with Crippen LogP contribution in [0.3, 0.4) is 0 Å². The highest BCUT2D eigenvalue weighted by Gasteiger charge is 2.15. The number of nitrogens with zero attached hydrogens (tertiary/aromatic N) is 1. The van der Waals surface area contributed by atoms with Crippen molar-refractivity contribution in [2.75, 3.05) is 13.2 Å². The lowest BCUT2D eigenvalue weighted by Gasteiger charge is -2.18. The highest BCUT2D eigenvalue weighted by molar-refractivity contribution is 6.30. The topological polar surface area (TPSA) is 70.8 Å². The van der Waals surface area contributed by atoms with Crippen molar-refractivity contribution < 1.29 is 23.5 Å². The Balaban J connectivity index is 1.44. The normalized spacial score (nSPS) is 12.7. The highest BCUT2D eigenvalue weighted by Crippen LogP contribution is 2.34. The number of hydrogen-bond acceptors (Lipinski definition) is 6. The van der Waals surface area contributed by atoms with E-state index in [4.69, 9.17) is 30.3 Å². The Labute approximate surface area is 154 Å². The molecule has 0 atom stereocenters. The number of rotatable bonds is 4. The molecule has 3 aromatic rings. The van der Waals surface area contributed by atoms with E-state index in [2.05, 4.69) is 5.16 Å². The molecule has 0 fully saturated rings. The second-order valence-corrected chi connectivity index (χ2v) is 6.06. The van der Waals surface area contributed by atoms with Crippen molar-refractivity contribution in [3.63, 3.8) is 0 Å². The molecule has 0 saturated carbocycles. The summed E-state index contributed by atoms with van der Waals surface area (Å²) in [4.78, 5) is 12.0. The molecule has 0 aliphatic carbocycles. The maximum Gasteiger partial charge on any atom is 0.338 e. The predicted octanol–water partition coefficient (Wildman–Crippen LogP) is 4.12. The molecule has 0 N–H and O–H groups in total. The van der Waals surface area contributed by atoms with Gasteiger partial charge in [-0.05, 0) is 36.4 Å². The Kier molecular flexibility index (Phi) is 4.50. The summed E-state index contributed by atoms with van der Waals surface area (Å²) in [6.07, 6.45) is 0. The van der Waals surface area contributed by atoms with Crippen LogP contribution < -0.4 is 9.47 Å². The molecular weight excluding hydrogens is 358 g/mol. The van der Waals surface area contributed by atoms with Gasteiger partial charge in [-0.2, -0.15) is 0 Å². The van der Waals surface area contributed by atoms with Gasteiger partial charge in [-0.25, -0.2) is 4.79 Å². The molecule has 26 heavy (non-hydrogen) atoms. The molecule has 1 aliphatic rings. The monoisotopic (exact) mass is 371 g/mol. The molecule has 0 bridgehead atoms. The number of benzene rings is 2. The molecule has 0 spiro atoms. The summed E-state index contributed by atoms with van der Waals surface area (Å²) in [6, 6.07) is 13.8. The molecule has 4 rings (SSSR count). The molecule has 0 unspecified atom stereocenters. The Morgan fingerprint density at radius 3 is 2.77 bits per heavy atom. The van der Waals surface area contributed by atoms with Crippen molar-refractivity contribution in [2.45, 2.75) is 6.61 Å². The van der Waals surface area contributed by atoms with Crippen LogP contribution in [0.15, 0.2) is 53.1 Å². The lowest BCUT2D eigenvalue weighted by molar-refractivity contribution is 0.0464. The fourth-order valence-corrected chi connectivity index (χ4v) is 2.74. The van der Waals surface area contributed by atoms with E-state index < -0.39 is 5.97 Å². The average Bonchev–Trinajstić information content (AvgIpc) is 3.15. The minimum absolute atomic E-state index is 0.000597. The molecule has 0 amide bonds. The van der Waals surface area contributed by atoms with Gasteiger partial charge in [0.15, 0.2) is 17.3 Å². The number of ether oxygens (including phenoxy) is 3. The molecule has 7 heteroatoms. The third-order valence-electron chi connectivity index (χ3n) is 3.80. The van der Waals surface area contributed by atoms with E-state index in [-0.39, 0.29) is 6.61 Å². The van der Waals surface area contributed by atoms with Crippen LogP contribution in [0.25, 0.3) is 11.3 Å². The summed E-state index contributed by atoms with van der Waals surface area (Å²) in [5, 5.41) is 4.41. The van der Waals surface area contributed by atoms with Crippen LogP contribution in [-0.2, 0) is 11.3 Å². The first-order valence-corrected chi connectivity index (χ1v) is 8.35. The summed E-state index contributed by atoms with van der Waals surface area (Å²) in [5.41, 5.74) is 1.69. The predicted molar refractivity (Wildman–Crippen MR) is 93.5 cm³/mol. The van der Waals surface area contributed by atoms with Crippen LogP contribution >= 0.6 is 11.6 Å². The van der Waals surface area contributed by atoms with Crippen LogP contribution in [0.1, 0.15) is 16.1 Å². The minimum Gasteiger partial charge on any atom is -0.486 e. The van der Waals surface area contributed by atoms with Gasteiger partial charge in [-0.3, -0.25) is 0 Å². The number of halogens is 1. The molecule has 1 aliphatic heterocycles. The smallest absolute Gasteiger partial charge is 0.338 e. The number of carbonyl (C=O) groups excluding carboxylic acids is 1. The Bertz CT molecular complexity index is 953. The first-order chi connectivity index (χ1) is 12.7. The molecule has 1 aromatic heterocycles. The standard InChI is InChI=1S/C19H14ClNO5/c20-14-3-1-2-13(8-14)19(22)25-11-15-10-17(26-21-15)12-4-5-16-18(9-12)24-7-6-23-16/h1-5,8-10H,6-7,11H2. The summed E-state index contributed by atoms with van der Waals surface area (Å²) < 4.78 is 21.6. The summed E-state index contributed by atoms with van der Waals surface area (Å²) in [7, 11) is 0. The van der Waals surface area contributed by atoms with E-state index in [0.717, 1.165) is 5.56 Å². The Morgan fingerprint density at radius 1 is 1.08 bits per heavy atom. The van der Waals surface area contributed by atoms with Gasteiger partial charge in [-0.15, -0.1) is 0 Å². The highest BCUT2D eigenvalue weighted by atomic mass is 35.5. The summed E-state index contributed by atoms with van der Waals surface area (Å²) in [6.45, 7) is 1.05. The van der Waals surface area contributed by atoms with Gasteiger partial charge in [0.2, 0.25) is 0 Å². The molecule has 2 heterocycles. The van der Waals surface area contributed by atoms with Gasteiger partial charge in [0.1, 0.15) is 25.5 Å². The third-order valence-corrected chi connectivity index (χ3v) is 4.03. The number of aromatic nitrogens is 1. The second-order valence-electron chi connectivity index (χ2n) is 5.63. The zero-order chi connectivity index (χ0) is 17.9. The average molecular weight is 372 g/mol. The third kappa shape index (κ3) is 3.50. The summed E-state index contributed by atoms with van der Waals surface area (Å²) >= 11 is 5.87. The van der Waals surface area contributed by atoms with Gasteiger partial charge >= 0.3 is 5.97 Å². The Morgan fingerprint density at radius 2 is 1.92 bits per heavy atom. The zero-order valence-corrected chi connectivity index (χ0v) is 14.4. The van der Waals surface area contributed by atoms with Gasteiger partial charge in [0.25, 0.3) is 0 Å². The van der Waals surface area contributed by atoms with Gasteiger partial charge in [-0.1, -0.05) is 22.8 Å². The van der Waals surface area contributed by atoms with Crippen molar-refractivity contribution in [1.29, 1.82) is 0 Å². The van der Waals surface area contributed by atoms with Crippen LogP contribution in [0, 0.1) is 0 Å². The van der Waals surface area contributed by atoms with Crippen LogP contribution in [-0.4, -0.2) is 24.3 Å². The van der Waals surface area contributed by atoms with Gasteiger partial charge < -0.3 is 18.7 Å². The minimum atomic E-state index is -0.476. The Hall–Kier alpha value is -2.99. The van der Waals surface area contributed by atoms with E-state index in [1.807, 2.05) is 18.2 Å². The molecule has 0 saturated heterocycles.